The lowest BCUT2D eigenvalue weighted by molar-refractivity contribution is -0.138. The predicted octanol–water partition coefficient (Wildman–Crippen LogP) is 4.29. The van der Waals surface area contributed by atoms with E-state index in [-0.39, 0.29) is 17.6 Å². The molecule has 0 heterocycles. The number of nitrogens with zero attached hydrogens (tertiary/aromatic N) is 1. The number of carbonyl (C=O) groups is 2. The van der Waals surface area contributed by atoms with E-state index in [9.17, 15) is 9.59 Å². The third kappa shape index (κ3) is 7.41. The first-order valence-electron chi connectivity index (χ1n) is 10.2. The van der Waals surface area contributed by atoms with Gasteiger partial charge in [-0.2, -0.15) is 0 Å². The minimum absolute atomic E-state index is 0.0735. The molecule has 1 atom stereocenters. The molecule has 30 heavy (non-hydrogen) atoms. The van der Waals surface area contributed by atoms with Crippen molar-refractivity contribution in [2.24, 2.45) is 5.92 Å². The predicted molar refractivity (Wildman–Crippen MR) is 123 cm³/mol. The highest BCUT2D eigenvalue weighted by Gasteiger charge is 2.26. The molecule has 0 saturated heterocycles. The van der Waals surface area contributed by atoms with Gasteiger partial charge < -0.3 is 15.0 Å². The number of benzene rings is 2. The fraction of sp³-hybridized carbons (Fsp3) is 0.417. The average molecular weight is 429 g/mol. The molecule has 0 aliphatic rings. The monoisotopic (exact) mass is 428 g/mol. The number of amides is 2. The quantitative estimate of drug-likeness (QED) is 0.574. The molecule has 0 aromatic heterocycles. The van der Waals surface area contributed by atoms with Gasteiger partial charge >= 0.3 is 0 Å². The van der Waals surface area contributed by atoms with E-state index in [0.29, 0.717) is 19.0 Å². The van der Waals surface area contributed by atoms with Crippen molar-refractivity contribution in [2.45, 2.75) is 45.2 Å². The van der Waals surface area contributed by atoms with Crippen molar-refractivity contribution in [3.63, 3.8) is 0 Å². The molecule has 0 fully saturated rings. The molecule has 0 aliphatic heterocycles. The van der Waals surface area contributed by atoms with Gasteiger partial charge in [0.1, 0.15) is 11.8 Å². The minimum atomic E-state index is -0.568. The zero-order valence-electron chi connectivity index (χ0n) is 18.5. The number of hydrogen-bond donors (Lipinski definition) is 1. The zero-order chi connectivity index (χ0) is 22.1. The zero-order valence-corrected chi connectivity index (χ0v) is 19.3. The van der Waals surface area contributed by atoms with Crippen LogP contribution in [0.2, 0.25) is 0 Å². The van der Waals surface area contributed by atoms with E-state index in [1.165, 1.54) is 17.3 Å². The van der Waals surface area contributed by atoms with E-state index in [1.54, 1.807) is 18.9 Å². The molecule has 1 unspecified atom stereocenters. The SMILES string of the molecule is COc1cccc(CN(C(=O)CSc2ccc(C)cc2)C(C)C(=O)NCC(C)C)c1. The van der Waals surface area contributed by atoms with E-state index in [4.69, 9.17) is 4.74 Å². The smallest absolute Gasteiger partial charge is 0.242 e. The van der Waals surface area contributed by atoms with Crippen molar-refractivity contribution >= 4 is 23.6 Å². The summed E-state index contributed by atoms with van der Waals surface area (Å²) < 4.78 is 5.30. The van der Waals surface area contributed by atoms with Crippen LogP contribution in [-0.4, -0.2) is 42.2 Å². The van der Waals surface area contributed by atoms with Crippen LogP contribution >= 0.6 is 11.8 Å². The minimum Gasteiger partial charge on any atom is -0.497 e. The van der Waals surface area contributed by atoms with E-state index in [0.717, 1.165) is 16.2 Å². The second-order valence-corrected chi connectivity index (χ2v) is 8.84. The van der Waals surface area contributed by atoms with Gasteiger partial charge in [0, 0.05) is 18.0 Å². The second kappa shape index (κ2) is 11.6. The van der Waals surface area contributed by atoms with Gasteiger partial charge in [0.25, 0.3) is 0 Å². The lowest BCUT2D eigenvalue weighted by Gasteiger charge is -2.29. The molecule has 2 amide bonds. The van der Waals surface area contributed by atoms with Crippen LogP contribution in [0.5, 0.6) is 5.75 Å². The van der Waals surface area contributed by atoms with E-state index < -0.39 is 6.04 Å². The van der Waals surface area contributed by atoms with E-state index in [2.05, 4.69) is 5.32 Å². The number of rotatable bonds is 10. The van der Waals surface area contributed by atoms with Crippen LogP contribution in [0.1, 0.15) is 31.9 Å². The molecular formula is C24H32N2O3S. The number of nitrogens with one attached hydrogen (secondary N) is 1. The summed E-state index contributed by atoms with van der Waals surface area (Å²) in [6.45, 7) is 8.84. The number of aryl methyl sites for hydroxylation is 1. The summed E-state index contributed by atoms with van der Waals surface area (Å²) in [7, 11) is 1.61. The molecule has 2 aromatic carbocycles. The maximum atomic E-state index is 13.1. The largest absolute Gasteiger partial charge is 0.497 e. The van der Waals surface area contributed by atoms with Crippen LogP contribution in [0.4, 0.5) is 0 Å². The van der Waals surface area contributed by atoms with E-state index in [1.807, 2.05) is 69.3 Å². The van der Waals surface area contributed by atoms with Crippen LogP contribution < -0.4 is 10.1 Å². The third-order valence-electron chi connectivity index (χ3n) is 4.72. The molecule has 6 heteroatoms. The number of ether oxygens (including phenoxy) is 1. The van der Waals surface area contributed by atoms with Gasteiger partial charge in [-0.15, -0.1) is 11.8 Å². The standard InChI is InChI=1S/C24H32N2O3S/c1-17(2)14-25-24(28)19(4)26(15-20-7-6-8-21(13-20)29-5)23(27)16-30-22-11-9-18(3)10-12-22/h6-13,17,19H,14-16H2,1-5H3,(H,25,28). The Bertz CT molecular complexity index is 837. The topological polar surface area (TPSA) is 58.6 Å². The summed E-state index contributed by atoms with van der Waals surface area (Å²) in [5, 5.41) is 2.94. The van der Waals surface area contributed by atoms with Crippen molar-refractivity contribution < 1.29 is 14.3 Å². The maximum absolute atomic E-state index is 13.1. The van der Waals surface area contributed by atoms with Crippen molar-refractivity contribution in [1.29, 1.82) is 0 Å². The summed E-state index contributed by atoms with van der Waals surface area (Å²) in [5.41, 5.74) is 2.10. The molecule has 0 spiro atoms. The second-order valence-electron chi connectivity index (χ2n) is 7.79. The summed E-state index contributed by atoms with van der Waals surface area (Å²) in [5.74, 6) is 1.14. The fourth-order valence-corrected chi connectivity index (χ4v) is 3.65. The molecule has 0 bridgehead atoms. The third-order valence-corrected chi connectivity index (χ3v) is 5.72. The van der Waals surface area contributed by atoms with Crippen LogP contribution in [0, 0.1) is 12.8 Å². The first-order valence-corrected chi connectivity index (χ1v) is 11.2. The Morgan fingerprint density at radius 2 is 1.80 bits per heavy atom. The van der Waals surface area contributed by atoms with Gasteiger partial charge in [0.15, 0.2) is 0 Å². The molecule has 2 rings (SSSR count). The highest BCUT2D eigenvalue weighted by atomic mass is 32.2. The first-order chi connectivity index (χ1) is 14.3. The summed E-state index contributed by atoms with van der Waals surface area (Å²) in [6, 6.07) is 15.1. The molecule has 1 N–H and O–H groups in total. The van der Waals surface area contributed by atoms with Crippen LogP contribution in [0.15, 0.2) is 53.4 Å². The Labute approximate surface area is 184 Å². The molecular weight excluding hydrogens is 396 g/mol. The number of methoxy groups -OCH3 is 1. The average Bonchev–Trinajstić information content (AvgIpc) is 2.74. The van der Waals surface area contributed by atoms with Crippen molar-refractivity contribution in [1.82, 2.24) is 10.2 Å². The molecule has 5 nitrogen and oxygen atoms in total. The molecule has 2 aromatic rings. The number of hydrogen-bond acceptors (Lipinski definition) is 4. The van der Waals surface area contributed by atoms with Gasteiger partial charge in [-0.3, -0.25) is 9.59 Å². The van der Waals surface area contributed by atoms with Crippen LogP contribution in [0.25, 0.3) is 0 Å². The fourth-order valence-electron chi connectivity index (χ4n) is 2.87. The van der Waals surface area contributed by atoms with Crippen molar-refractivity contribution in [3.8, 4) is 5.75 Å². The lowest BCUT2D eigenvalue weighted by Crippen LogP contribution is -2.48. The van der Waals surface area contributed by atoms with Gasteiger partial charge in [-0.25, -0.2) is 0 Å². The highest BCUT2D eigenvalue weighted by Crippen LogP contribution is 2.21. The van der Waals surface area contributed by atoms with Crippen molar-refractivity contribution in [2.75, 3.05) is 19.4 Å². The van der Waals surface area contributed by atoms with Gasteiger partial charge in [0.05, 0.1) is 12.9 Å². The molecule has 0 aliphatic carbocycles. The van der Waals surface area contributed by atoms with Gasteiger partial charge in [-0.1, -0.05) is 43.7 Å². The summed E-state index contributed by atoms with van der Waals surface area (Å²) >= 11 is 1.48. The Morgan fingerprint density at radius 3 is 2.43 bits per heavy atom. The van der Waals surface area contributed by atoms with Crippen molar-refractivity contribution in [3.05, 3.63) is 59.7 Å². The Morgan fingerprint density at radius 1 is 1.10 bits per heavy atom. The molecule has 0 radical (unpaired) electrons. The summed E-state index contributed by atoms with van der Waals surface area (Å²) in [4.78, 5) is 28.5. The highest BCUT2D eigenvalue weighted by molar-refractivity contribution is 8.00. The summed E-state index contributed by atoms with van der Waals surface area (Å²) in [6.07, 6.45) is 0. The normalized spacial score (nSPS) is 11.8. The number of thioether (sulfide) groups is 1. The Kier molecular flexibility index (Phi) is 9.24. The molecule has 162 valence electrons. The number of carbonyl (C=O) groups excluding carboxylic acids is 2. The van der Waals surface area contributed by atoms with Crippen LogP contribution in [0.3, 0.4) is 0 Å². The maximum Gasteiger partial charge on any atom is 0.242 e. The Hall–Kier alpha value is -2.47. The first kappa shape index (κ1) is 23.8. The Balaban J connectivity index is 2.14. The van der Waals surface area contributed by atoms with Gasteiger partial charge in [0.2, 0.25) is 11.8 Å². The van der Waals surface area contributed by atoms with Crippen LogP contribution in [-0.2, 0) is 16.1 Å². The van der Waals surface area contributed by atoms with E-state index >= 15 is 0 Å². The lowest BCUT2D eigenvalue weighted by atomic mass is 10.1. The van der Waals surface area contributed by atoms with Gasteiger partial charge in [-0.05, 0) is 49.6 Å². The molecule has 0 saturated carbocycles.